The molecule has 3 heteroatoms. The number of methoxy groups -OCH3 is 1. The molecule has 128 valence electrons. The van der Waals surface area contributed by atoms with Crippen LogP contribution >= 0.6 is 0 Å². The summed E-state index contributed by atoms with van der Waals surface area (Å²) in [4.78, 5) is 12.5. The number of hydrogen-bond donors (Lipinski definition) is 1. The van der Waals surface area contributed by atoms with Crippen LogP contribution in [-0.2, 0) is 16.8 Å². The van der Waals surface area contributed by atoms with Crippen LogP contribution < -0.4 is 5.32 Å². The van der Waals surface area contributed by atoms with Crippen molar-refractivity contribution in [3.8, 4) is 0 Å². The number of amides is 1. The van der Waals surface area contributed by atoms with E-state index in [1.807, 2.05) is 30.3 Å². The molecule has 0 bridgehead atoms. The molecule has 1 amide bonds. The van der Waals surface area contributed by atoms with Crippen LogP contribution in [0.5, 0.6) is 0 Å². The second-order valence-corrected chi connectivity index (χ2v) is 6.96. The summed E-state index contributed by atoms with van der Waals surface area (Å²) in [6, 6.07) is 18.1. The second-order valence-electron chi connectivity index (χ2n) is 6.96. The number of carbonyl (C=O) groups excluding carboxylic acids is 1. The van der Waals surface area contributed by atoms with Crippen molar-refractivity contribution in [3.63, 3.8) is 0 Å². The average Bonchev–Trinajstić information content (AvgIpc) is 2.55. The van der Waals surface area contributed by atoms with E-state index in [4.69, 9.17) is 4.74 Å². The molecule has 2 rings (SSSR count). The van der Waals surface area contributed by atoms with Crippen molar-refractivity contribution in [1.29, 1.82) is 0 Å². The summed E-state index contributed by atoms with van der Waals surface area (Å²) < 4.78 is 5.13. The number of rotatable bonds is 7. The maximum absolute atomic E-state index is 12.5. The first-order chi connectivity index (χ1) is 11.4. The molecule has 1 N–H and O–H groups in total. The van der Waals surface area contributed by atoms with E-state index in [2.05, 4.69) is 50.4 Å². The lowest BCUT2D eigenvalue weighted by Crippen LogP contribution is -2.37. The Kier molecular flexibility index (Phi) is 6.16. The molecule has 0 saturated heterocycles. The lowest BCUT2D eigenvalue weighted by atomic mass is 9.79. The van der Waals surface area contributed by atoms with E-state index in [0.29, 0.717) is 12.2 Å². The highest BCUT2D eigenvalue weighted by Crippen LogP contribution is 2.28. The highest BCUT2D eigenvalue weighted by Gasteiger charge is 2.24. The van der Waals surface area contributed by atoms with Crippen molar-refractivity contribution in [3.05, 3.63) is 71.3 Å². The third-order valence-electron chi connectivity index (χ3n) is 4.25. The fourth-order valence-corrected chi connectivity index (χ4v) is 3.10. The van der Waals surface area contributed by atoms with Gasteiger partial charge in [0, 0.05) is 18.7 Å². The summed E-state index contributed by atoms with van der Waals surface area (Å²) in [5.74, 6) is -0.0377. The fourth-order valence-electron chi connectivity index (χ4n) is 3.10. The van der Waals surface area contributed by atoms with Gasteiger partial charge in [-0.1, -0.05) is 56.3 Å². The van der Waals surface area contributed by atoms with E-state index in [-0.39, 0.29) is 17.4 Å². The van der Waals surface area contributed by atoms with Gasteiger partial charge in [-0.25, -0.2) is 0 Å². The first-order valence-corrected chi connectivity index (χ1v) is 8.36. The highest BCUT2D eigenvalue weighted by molar-refractivity contribution is 5.94. The van der Waals surface area contributed by atoms with Gasteiger partial charge in [-0.2, -0.15) is 0 Å². The summed E-state index contributed by atoms with van der Waals surface area (Å²) in [5.41, 5.74) is 2.97. The zero-order chi connectivity index (χ0) is 17.6. The summed E-state index contributed by atoms with van der Waals surface area (Å²) in [5, 5.41) is 3.11. The van der Waals surface area contributed by atoms with Crippen LogP contribution in [0.25, 0.3) is 0 Å². The predicted molar refractivity (Wildman–Crippen MR) is 98.2 cm³/mol. The van der Waals surface area contributed by atoms with Crippen molar-refractivity contribution in [2.45, 2.75) is 45.3 Å². The highest BCUT2D eigenvalue weighted by atomic mass is 16.5. The molecule has 3 nitrogen and oxygen atoms in total. The van der Waals surface area contributed by atoms with Crippen molar-refractivity contribution in [2.24, 2.45) is 0 Å². The van der Waals surface area contributed by atoms with E-state index in [1.165, 1.54) is 5.56 Å². The Morgan fingerprint density at radius 1 is 1.12 bits per heavy atom. The number of carbonyl (C=O) groups is 1. The minimum absolute atomic E-state index is 0.00581. The van der Waals surface area contributed by atoms with Gasteiger partial charge in [-0.15, -0.1) is 0 Å². The lowest BCUT2D eigenvalue weighted by molar-refractivity contribution is 0.0934. The molecule has 1 atom stereocenters. The predicted octanol–water partition coefficient (Wildman–Crippen LogP) is 4.32. The molecule has 1 unspecified atom stereocenters. The first-order valence-electron chi connectivity index (χ1n) is 8.36. The van der Waals surface area contributed by atoms with Crippen molar-refractivity contribution in [1.82, 2.24) is 5.32 Å². The molecule has 0 aliphatic heterocycles. The van der Waals surface area contributed by atoms with E-state index >= 15 is 0 Å². The SMILES string of the molecule is COCc1cccc(C(=O)NC(C)CC(C)(C)c2ccccc2)c1. The van der Waals surface area contributed by atoms with Crippen LogP contribution in [-0.4, -0.2) is 19.1 Å². The van der Waals surface area contributed by atoms with Crippen LogP contribution in [0.1, 0.15) is 48.7 Å². The zero-order valence-corrected chi connectivity index (χ0v) is 15.0. The van der Waals surface area contributed by atoms with Gasteiger partial charge in [0.1, 0.15) is 0 Å². The Bertz CT molecular complexity index is 665. The largest absolute Gasteiger partial charge is 0.380 e. The summed E-state index contributed by atoms with van der Waals surface area (Å²) in [6.45, 7) is 6.99. The number of hydrogen-bond acceptors (Lipinski definition) is 2. The maximum atomic E-state index is 12.5. The van der Waals surface area contributed by atoms with Gasteiger partial charge < -0.3 is 10.1 Å². The van der Waals surface area contributed by atoms with Gasteiger partial charge in [0.05, 0.1) is 6.61 Å². The van der Waals surface area contributed by atoms with Gasteiger partial charge in [0.15, 0.2) is 0 Å². The third kappa shape index (κ3) is 4.93. The molecule has 24 heavy (non-hydrogen) atoms. The topological polar surface area (TPSA) is 38.3 Å². The molecule has 0 radical (unpaired) electrons. The quantitative estimate of drug-likeness (QED) is 0.823. The van der Waals surface area contributed by atoms with E-state index in [9.17, 15) is 4.79 Å². The molecule has 0 spiro atoms. The van der Waals surface area contributed by atoms with Crippen LogP contribution in [0.4, 0.5) is 0 Å². The van der Waals surface area contributed by atoms with Gasteiger partial charge in [0.2, 0.25) is 0 Å². The fraction of sp³-hybridized carbons (Fsp3) is 0.381. The summed E-state index contributed by atoms with van der Waals surface area (Å²) in [6.07, 6.45) is 0.876. The molecule has 0 fully saturated rings. The minimum atomic E-state index is -0.0377. The monoisotopic (exact) mass is 325 g/mol. The van der Waals surface area contributed by atoms with Crippen molar-refractivity contribution >= 4 is 5.91 Å². The summed E-state index contributed by atoms with van der Waals surface area (Å²) in [7, 11) is 1.65. The minimum Gasteiger partial charge on any atom is -0.380 e. The molecule has 2 aromatic rings. The standard InChI is InChI=1S/C21H27NO2/c1-16(14-21(2,3)19-11-6-5-7-12-19)22-20(23)18-10-8-9-17(13-18)15-24-4/h5-13,16H,14-15H2,1-4H3,(H,22,23). The molecule has 0 aliphatic carbocycles. The molecule has 0 saturated carbocycles. The lowest BCUT2D eigenvalue weighted by Gasteiger charge is -2.29. The third-order valence-corrected chi connectivity index (χ3v) is 4.25. The van der Waals surface area contributed by atoms with Crippen LogP contribution in [0.15, 0.2) is 54.6 Å². The average molecular weight is 325 g/mol. The van der Waals surface area contributed by atoms with Gasteiger partial charge >= 0.3 is 0 Å². The van der Waals surface area contributed by atoms with E-state index < -0.39 is 0 Å². The second kappa shape index (κ2) is 8.11. The number of nitrogens with one attached hydrogen (secondary N) is 1. The normalized spacial score (nSPS) is 12.7. The van der Waals surface area contributed by atoms with Crippen LogP contribution in [0.2, 0.25) is 0 Å². The molecule has 2 aromatic carbocycles. The van der Waals surface area contributed by atoms with Gasteiger partial charge in [0.25, 0.3) is 5.91 Å². The number of benzene rings is 2. The Hall–Kier alpha value is -2.13. The van der Waals surface area contributed by atoms with Gasteiger partial charge in [-0.05, 0) is 42.0 Å². The smallest absolute Gasteiger partial charge is 0.251 e. The summed E-state index contributed by atoms with van der Waals surface area (Å²) >= 11 is 0. The van der Waals surface area contributed by atoms with E-state index in [0.717, 1.165) is 12.0 Å². The first kappa shape index (κ1) is 18.2. The Morgan fingerprint density at radius 2 is 1.83 bits per heavy atom. The zero-order valence-electron chi connectivity index (χ0n) is 15.0. The maximum Gasteiger partial charge on any atom is 0.251 e. The Morgan fingerprint density at radius 3 is 2.50 bits per heavy atom. The Balaban J connectivity index is 2.00. The molecule has 0 aromatic heterocycles. The van der Waals surface area contributed by atoms with Crippen molar-refractivity contribution in [2.75, 3.05) is 7.11 Å². The molecule has 0 heterocycles. The van der Waals surface area contributed by atoms with Crippen LogP contribution in [0.3, 0.4) is 0 Å². The number of ether oxygens (including phenoxy) is 1. The molecule has 0 aliphatic rings. The molecular weight excluding hydrogens is 298 g/mol. The van der Waals surface area contributed by atoms with Crippen LogP contribution in [0, 0.1) is 0 Å². The Labute approximate surface area is 145 Å². The van der Waals surface area contributed by atoms with Gasteiger partial charge in [-0.3, -0.25) is 4.79 Å². The van der Waals surface area contributed by atoms with Crippen molar-refractivity contribution < 1.29 is 9.53 Å². The molecular formula is C21H27NO2. The van der Waals surface area contributed by atoms with E-state index in [1.54, 1.807) is 7.11 Å².